The lowest BCUT2D eigenvalue weighted by atomic mass is 10.0. The zero-order valence-electron chi connectivity index (χ0n) is 10.1. The average Bonchev–Trinajstić information content (AvgIpc) is 2.73. The van der Waals surface area contributed by atoms with Crippen LogP contribution in [0.3, 0.4) is 0 Å². The lowest BCUT2D eigenvalue weighted by molar-refractivity contribution is 0.0643. The number of aliphatic hydroxyl groups excluding tert-OH is 1. The lowest BCUT2D eigenvalue weighted by Gasteiger charge is -2.25. The fourth-order valence-corrected chi connectivity index (χ4v) is 2.54. The molecule has 3 nitrogen and oxygen atoms in total. The van der Waals surface area contributed by atoms with E-state index in [0.29, 0.717) is 6.54 Å². The quantitative estimate of drug-likeness (QED) is 0.897. The molecule has 1 aliphatic heterocycles. The van der Waals surface area contributed by atoms with E-state index in [2.05, 4.69) is 0 Å². The fourth-order valence-electron chi connectivity index (χ4n) is 2.36. The van der Waals surface area contributed by atoms with Crippen molar-refractivity contribution >= 4 is 17.5 Å². The monoisotopic (exact) mass is 271 g/mol. The van der Waals surface area contributed by atoms with Crippen molar-refractivity contribution in [1.29, 1.82) is 0 Å². The van der Waals surface area contributed by atoms with E-state index in [0.717, 1.165) is 6.42 Å². The number of carbonyl (C=O) groups is 1. The second-order valence-electron chi connectivity index (χ2n) is 4.62. The van der Waals surface area contributed by atoms with Gasteiger partial charge < -0.3 is 10.0 Å². The standard InChI is InChI=1S/C13H15ClFNO2/c1-8-5-6-16(11(8)7-17)13(18)9-3-2-4-10(14)12(9)15/h2-4,8,11,17H,5-7H2,1H3. The number of nitrogens with zero attached hydrogens (tertiary/aromatic N) is 1. The number of likely N-dealkylation sites (tertiary alicyclic amines) is 1. The van der Waals surface area contributed by atoms with Crippen LogP contribution in [0.2, 0.25) is 5.02 Å². The van der Waals surface area contributed by atoms with Gasteiger partial charge in [-0.1, -0.05) is 24.6 Å². The molecule has 0 bridgehead atoms. The van der Waals surface area contributed by atoms with E-state index in [-0.39, 0.29) is 29.2 Å². The number of amides is 1. The van der Waals surface area contributed by atoms with Gasteiger partial charge in [0, 0.05) is 6.54 Å². The zero-order chi connectivity index (χ0) is 13.3. The first-order valence-corrected chi connectivity index (χ1v) is 6.30. The highest BCUT2D eigenvalue weighted by molar-refractivity contribution is 6.31. The first-order valence-electron chi connectivity index (χ1n) is 5.92. The maximum atomic E-state index is 13.8. The van der Waals surface area contributed by atoms with Gasteiger partial charge in [0.2, 0.25) is 0 Å². The molecule has 1 fully saturated rings. The largest absolute Gasteiger partial charge is 0.394 e. The van der Waals surface area contributed by atoms with Crippen molar-refractivity contribution in [3.8, 4) is 0 Å². The number of aliphatic hydroxyl groups is 1. The van der Waals surface area contributed by atoms with E-state index in [1.54, 1.807) is 6.07 Å². The Morgan fingerprint density at radius 1 is 1.61 bits per heavy atom. The molecule has 1 heterocycles. The van der Waals surface area contributed by atoms with Gasteiger partial charge in [-0.2, -0.15) is 0 Å². The Hall–Kier alpha value is -1.13. The molecule has 2 atom stereocenters. The molecule has 98 valence electrons. The Balaban J connectivity index is 2.29. The smallest absolute Gasteiger partial charge is 0.257 e. The molecule has 0 saturated carbocycles. The highest BCUT2D eigenvalue weighted by Crippen LogP contribution is 2.27. The predicted octanol–water partition coefficient (Wildman–Crippen LogP) is 2.32. The Labute approximate surface area is 110 Å². The summed E-state index contributed by atoms with van der Waals surface area (Å²) in [7, 11) is 0. The van der Waals surface area contributed by atoms with Crippen LogP contribution in [-0.2, 0) is 0 Å². The topological polar surface area (TPSA) is 40.5 Å². The van der Waals surface area contributed by atoms with Crippen LogP contribution in [0.4, 0.5) is 4.39 Å². The van der Waals surface area contributed by atoms with E-state index in [1.807, 2.05) is 6.92 Å². The fraction of sp³-hybridized carbons (Fsp3) is 0.462. The number of rotatable bonds is 2. The van der Waals surface area contributed by atoms with Gasteiger partial charge in [-0.3, -0.25) is 4.79 Å². The SMILES string of the molecule is CC1CCN(C(=O)c2cccc(Cl)c2F)C1CO. The summed E-state index contributed by atoms with van der Waals surface area (Å²) in [5.41, 5.74) is -0.0324. The van der Waals surface area contributed by atoms with Crippen LogP contribution in [0.1, 0.15) is 23.7 Å². The first kappa shape index (κ1) is 13.3. The van der Waals surface area contributed by atoms with Crippen molar-refractivity contribution in [2.24, 2.45) is 5.92 Å². The summed E-state index contributed by atoms with van der Waals surface area (Å²) in [6.45, 7) is 2.41. The van der Waals surface area contributed by atoms with E-state index in [4.69, 9.17) is 11.6 Å². The molecule has 1 amide bonds. The lowest BCUT2D eigenvalue weighted by Crippen LogP contribution is -2.40. The van der Waals surface area contributed by atoms with Crippen molar-refractivity contribution < 1.29 is 14.3 Å². The van der Waals surface area contributed by atoms with Crippen LogP contribution < -0.4 is 0 Å². The van der Waals surface area contributed by atoms with Gasteiger partial charge in [-0.15, -0.1) is 0 Å². The van der Waals surface area contributed by atoms with Crippen molar-refractivity contribution in [3.05, 3.63) is 34.6 Å². The van der Waals surface area contributed by atoms with Gasteiger partial charge in [0.1, 0.15) is 0 Å². The maximum absolute atomic E-state index is 13.8. The van der Waals surface area contributed by atoms with Crippen LogP contribution in [0, 0.1) is 11.7 Å². The summed E-state index contributed by atoms with van der Waals surface area (Å²) in [5, 5.41) is 9.25. The van der Waals surface area contributed by atoms with Gasteiger partial charge in [-0.25, -0.2) is 4.39 Å². The van der Waals surface area contributed by atoms with Crippen LogP contribution in [0.15, 0.2) is 18.2 Å². The third kappa shape index (κ3) is 2.22. The summed E-state index contributed by atoms with van der Waals surface area (Å²) in [6.07, 6.45) is 0.819. The van der Waals surface area contributed by atoms with Gasteiger partial charge in [-0.05, 0) is 24.5 Å². The van der Waals surface area contributed by atoms with E-state index in [9.17, 15) is 14.3 Å². The summed E-state index contributed by atoms with van der Waals surface area (Å²) in [6, 6.07) is 4.13. The van der Waals surface area contributed by atoms with Crippen molar-refractivity contribution in [2.75, 3.05) is 13.2 Å². The van der Waals surface area contributed by atoms with Gasteiger partial charge in [0.15, 0.2) is 5.82 Å². The second kappa shape index (κ2) is 5.24. The molecule has 1 aromatic rings. The molecule has 2 unspecified atom stereocenters. The Morgan fingerprint density at radius 3 is 3.00 bits per heavy atom. The Morgan fingerprint density at radius 2 is 2.33 bits per heavy atom. The van der Waals surface area contributed by atoms with Crippen molar-refractivity contribution in [2.45, 2.75) is 19.4 Å². The predicted molar refractivity (Wildman–Crippen MR) is 67.1 cm³/mol. The molecular formula is C13H15ClFNO2. The molecule has 1 aromatic carbocycles. The van der Waals surface area contributed by atoms with Crippen LogP contribution in [0.25, 0.3) is 0 Å². The Kier molecular flexibility index (Phi) is 3.88. The molecule has 1 aliphatic rings. The highest BCUT2D eigenvalue weighted by Gasteiger charge is 2.35. The van der Waals surface area contributed by atoms with Crippen LogP contribution in [-0.4, -0.2) is 35.1 Å². The van der Waals surface area contributed by atoms with Crippen LogP contribution >= 0.6 is 11.6 Å². The molecule has 18 heavy (non-hydrogen) atoms. The highest BCUT2D eigenvalue weighted by atomic mass is 35.5. The molecule has 1 N–H and O–H groups in total. The number of benzene rings is 1. The molecule has 2 rings (SSSR count). The van der Waals surface area contributed by atoms with Gasteiger partial charge in [0.05, 0.1) is 23.2 Å². The third-order valence-electron chi connectivity index (χ3n) is 3.51. The summed E-state index contributed by atoms with van der Waals surface area (Å²) in [5.74, 6) is -0.875. The number of carbonyl (C=O) groups excluding carboxylic acids is 1. The van der Waals surface area contributed by atoms with Gasteiger partial charge in [0.25, 0.3) is 5.91 Å². The van der Waals surface area contributed by atoms with E-state index >= 15 is 0 Å². The molecule has 0 spiro atoms. The van der Waals surface area contributed by atoms with Gasteiger partial charge >= 0.3 is 0 Å². The molecule has 1 saturated heterocycles. The number of halogens is 2. The van der Waals surface area contributed by atoms with Crippen molar-refractivity contribution in [1.82, 2.24) is 4.90 Å². The number of hydrogen-bond donors (Lipinski definition) is 1. The minimum atomic E-state index is -0.694. The van der Waals surface area contributed by atoms with E-state index < -0.39 is 11.7 Å². The zero-order valence-corrected chi connectivity index (χ0v) is 10.8. The molecular weight excluding hydrogens is 257 g/mol. The molecule has 0 aromatic heterocycles. The van der Waals surface area contributed by atoms with E-state index in [1.165, 1.54) is 17.0 Å². The minimum Gasteiger partial charge on any atom is -0.394 e. The second-order valence-corrected chi connectivity index (χ2v) is 5.02. The normalized spacial score (nSPS) is 23.4. The Bertz CT molecular complexity index is 466. The third-order valence-corrected chi connectivity index (χ3v) is 3.80. The van der Waals surface area contributed by atoms with Crippen LogP contribution in [0.5, 0.6) is 0 Å². The summed E-state index contributed by atoms with van der Waals surface area (Å²) in [4.78, 5) is 13.8. The first-order chi connectivity index (χ1) is 8.56. The maximum Gasteiger partial charge on any atom is 0.257 e. The molecule has 5 heteroatoms. The summed E-state index contributed by atoms with van der Waals surface area (Å²) < 4.78 is 13.8. The summed E-state index contributed by atoms with van der Waals surface area (Å²) >= 11 is 5.67. The minimum absolute atomic E-state index is 0.0324. The molecule has 0 radical (unpaired) electrons. The molecule has 0 aliphatic carbocycles. The average molecular weight is 272 g/mol. The number of hydrogen-bond acceptors (Lipinski definition) is 2. The van der Waals surface area contributed by atoms with Crippen molar-refractivity contribution in [3.63, 3.8) is 0 Å².